The number of anilines is 1. The fourth-order valence-electron chi connectivity index (χ4n) is 7.99. The first-order valence-corrected chi connectivity index (χ1v) is 19.0. The predicted molar refractivity (Wildman–Crippen MR) is 177 cm³/mol. The molecule has 6 atom stereocenters. The zero-order valence-corrected chi connectivity index (χ0v) is 29.2. The van der Waals surface area contributed by atoms with E-state index in [2.05, 4.69) is 46.3 Å². The second kappa shape index (κ2) is 13.2. The zero-order chi connectivity index (χ0) is 32.7. The highest BCUT2D eigenvalue weighted by Gasteiger charge is 2.42. The van der Waals surface area contributed by atoms with Crippen molar-refractivity contribution >= 4 is 33.2 Å². The van der Waals surface area contributed by atoms with Crippen molar-refractivity contribution in [3.63, 3.8) is 0 Å². The van der Waals surface area contributed by atoms with Crippen molar-refractivity contribution in [2.24, 2.45) is 35.5 Å². The van der Waals surface area contributed by atoms with E-state index in [-0.39, 0.29) is 40.0 Å². The van der Waals surface area contributed by atoms with Gasteiger partial charge in [0.1, 0.15) is 15.5 Å². The molecule has 2 aromatic heterocycles. The maximum Gasteiger partial charge on any atom is 0.355 e. The van der Waals surface area contributed by atoms with Gasteiger partial charge in [-0.25, -0.2) is 17.9 Å². The monoisotopic (exact) mass is 670 g/mol. The molecule has 9 nitrogen and oxygen atoms in total. The number of rotatable bonds is 9. The van der Waals surface area contributed by atoms with Crippen molar-refractivity contribution in [2.75, 3.05) is 11.5 Å². The van der Waals surface area contributed by atoms with Crippen LogP contribution in [0.5, 0.6) is 17.2 Å². The molecule has 2 aliphatic carbocycles. The lowest BCUT2D eigenvalue weighted by atomic mass is 9.64. The van der Waals surface area contributed by atoms with E-state index in [1.165, 1.54) is 12.5 Å². The smallest absolute Gasteiger partial charge is 0.355 e. The normalized spacial score (nSPS) is 26.4. The number of carbonyl (C=O) groups excluding carboxylic acids is 1. The number of carbonyl (C=O) groups is 1. The SMILES string of the molecule is CC1CCC(C(C)C)C(c2noc(NS(=O)(=O)c3ccsc3C(=O)Oc3ccc4c(c3)OCO4)c2C2CC(C)CCC2C(C)C)C1. The Balaban J connectivity index is 1.35. The van der Waals surface area contributed by atoms with Crippen molar-refractivity contribution < 1.29 is 31.9 Å². The summed E-state index contributed by atoms with van der Waals surface area (Å²) in [6, 6.07) is 6.21. The molecule has 0 bridgehead atoms. The Kier molecular flexibility index (Phi) is 9.45. The number of benzene rings is 1. The highest BCUT2D eigenvalue weighted by Crippen LogP contribution is 2.52. The summed E-state index contributed by atoms with van der Waals surface area (Å²) in [4.78, 5) is 13.1. The number of fused-ring (bicyclic) bond motifs is 1. The third-order valence-electron chi connectivity index (χ3n) is 10.4. The molecule has 250 valence electrons. The van der Waals surface area contributed by atoms with Gasteiger partial charge in [-0.05, 0) is 90.7 Å². The van der Waals surface area contributed by atoms with Gasteiger partial charge in [0.25, 0.3) is 10.0 Å². The van der Waals surface area contributed by atoms with E-state index in [1.54, 1.807) is 23.6 Å². The maximum absolute atomic E-state index is 14.1. The van der Waals surface area contributed by atoms with Crippen LogP contribution in [-0.2, 0) is 10.0 Å². The first kappa shape index (κ1) is 32.9. The van der Waals surface area contributed by atoms with Gasteiger partial charge in [-0.3, -0.25) is 0 Å². The summed E-state index contributed by atoms with van der Waals surface area (Å²) >= 11 is 1.01. The van der Waals surface area contributed by atoms with Crippen LogP contribution in [0.25, 0.3) is 0 Å². The van der Waals surface area contributed by atoms with Gasteiger partial charge in [-0.1, -0.05) is 59.5 Å². The first-order valence-electron chi connectivity index (χ1n) is 16.6. The molecule has 2 fully saturated rings. The Morgan fingerprint density at radius 3 is 2.28 bits per heavy atom. The van der Waals surface area contributed by atoms with Crippen LogP contribution in [-0.4, -0.2) is 26.3 Å². The van der Waals surface area contributed by atoms with E-state index in [1.807, 2.05) is 0 Å². The quantitative estimate of drug-likeness (QED) is 0.177. The number of hydrogen-bond donors (Lipinski definition) is 1. The van der Waals surface area contributed by atoms with E-state index in [0.29, 0.717) is 47.0 Å². The lowest BCUT2D eigenvalue weighted by Crippen LogP contribution is -2.30. The lowest BCUT2D eigenvalue weighted by molar-refractivity contribution is 0.0736. The summed E-state index contributed by atoms with van der Waals surface area (Å²) in [6.45, 7) is 13.7. The molecule has 11 heteroatoms. The molecule has 0 amide bonds. The van der Waals surface area contributed by atoms with Gasteiger partial charge in [0.2, 0.25) is 12.7 Å². The molecule has 46 heavy (non-hydrogen) atoms. The maximum atomic E-state index is 14.1. The lowest BCUT2D eigenvalue weighted by Gasteiger charge is -2.40. The number of esters is 1. The number of nitrogens with zero attached hydrogens (tertiary/aromatic N) is 1. The Bertz CT molecular complexity index is 1660. The second-order valence-corrected chi connectivity index (χ2v) is 16.9. The topological polar surface area (TPSA) is 117 Å². The molecule has 3 aromatic rings. The number of hydrogen-bond acceptors (Lipinski definition) is 9. The largest absolute Gasteiger partial charge is 0.454 e. The van der Waals surface area contributed by atoms with Crippen LogP contribution in [0.2, 0.25) is 0 Å². The molecule has 2 saturated carbocycles. The Morgan fingerprint density at radius 2 is 1.59 bits per heavy atom. The molecule has 3 aliphatic rings. The molecule has 0 radical (unpaired) electrons. The summed E-state index contributed by atoms with van der Waals surface area (Å²) in [5.41, 5.74) is 1.83. The Morgan fingerprint density at radius 1 is 0.935 bits per heavy atom. The number of nitrogens with one attached hydrogen (secondary N) is 1. The van der Waals surface area contributed by atoms with Crippen LogP contribution >= 0.6 is 11.3 Å². The Labute approximate surface area is 276 Å². The van der Waals surface area contributed by atoms with Crippen molar-refractivity contribution in [1.29, 1.82) is 0 Å². The van der Waals surface area contributed by atoms with E-state index in [4.69, 9.17) is 23.9 Å². The van der Waals surface area contributed by atoms with Gasteiger partial charge in [-0.15, -0.1) is 11.3 Å². The molecular weight excluding hydrogens is 625 g/mol. The number of aromatic nitrogens is 1. The van der Waals surface area contributed by atoms with E-state index >= 15 is 0 Å². The van der Waals surface area contributed by atoms with Gasteiger partial charge >= 0.3 is 5.97 Å². The van der Waals surface area contributed by atoms with Crippen LogP contribution in [0.1, 0.15) is 113 Å². The van der Waals surface area contributed by atoms with Crippen molar-refractivity contribution in [3.8, 4) is 17.2 Å². The predicted octanol–water partition coefficient (Wildman–Crippen LogP) is 8.84. The van der Waals surface area contributed by atoms with Crippen LogP contribution in [0.4, 0.5) is 5.88 Å². The van der Waals surface area contributed by atoms with E-state index in [0.717, 1.165) is 54.7 Å². The van der Waals surface area contributed by atoms with Crippen LogP contribution in [0.15, 0.2) is 39.1 Å². The van der Waals surface area contributed by atoms with E-state index in [9.17, 15) is 13.2 Å². The van der Waals surface area contributed by atoms with Gasteiger partial charge in [0.05, 0.1) is 5.69 Å². The van der Waals surface area contributed by atoms with Crippen molar-refractivity contribution in [1.82, 2.24) is 5.16 Å². The van der Waals surface area contributed by atoms with Gasteiger partial charge in [0.15, 0.2) is 11.5 Å². The third-order valence-corrected chi connectivity index (χ3v) is 12.8. The highest BCUT2D eigenvalue weighted by molar-refractivity contribution is 7.93. The molecule has 1 aromatic carbocycles. The van der Waals surface area contributed by atoms with Crippen LogP contribution in [0, 0.1) is 35.5 Å². The minimum Gasteiger partial charge on any atom is -0.454 e. The van der Waals surface area contributed by atoms with Gasteiger partial charge in [-0.2, -0.15) is 0 Å². The highest BCUT2D eigenvalue weighted by atomic mass is 32.2. The molecule has 0 spiro atoms. The molecule has 6 unspecified atom stereocenters. The Hall–Kier alpha value is -3.05. The second-order valence-electron chi connectivity index (χ2n) is 14.3. The fraction of sp³-hybridized carbons (Fsp3) is 0.600. The number of sulfonamides is 1. The average molecular weight is 671 g/mol. The number of thiophene rings is 1. The van der Waals surface area contributed by atoms with Gasteiger partial charge in [0, 0.05) is 17.5 Å². The minimum absolute atomic E-state index is 0.0289. The minimum atomic E-state index is -4.24. The standard InChI is InChI=1S/C35H46N2O7S2/c1-19(2)24-10-7-21(5)15-26(24)31-32(27-16-22(6)8-11-25(27)20(3)4)36-44-34(31)37-46(39,40)30-13-14-45-33(30)35(38)43-23-9-12-28-29(17-23)42-18-41-28/h9,12-14,17,19-22,24-27,37H,7-8,10-11,15-16,18H2,1-6H3. The summed E-state index contributed by atoms with van der Waals surface area (Å²) in [7, 11) is -4.24. The third kappa shape index (κ3) is 6.54. The van der Waals surface area contributed by atoms with Gasteiger partial charge < -0.3 is 18.7 Å². The molecular formula is C35H46N2O7S2. The van der Waals surface area contributed by atoms with E-state index < -0.39 is 16.0 Å². The summed E-state index contributed by atoms with van der Waals surface area (Å²) in [5, 5.41) is 6.27. The average Bonchev–Trinajstić information content (AvgIpc) is 3.76. The first-order chi connectivity index (χ1) is 21.9. The molecule has 1 N–H and O–H groups in total. The van der Waals surface area contributed by atoms with Crippen LogP contribution < -0.4 is 18.9 Å². The number of ether oxygens (including phenoxy) is 3. The molecule has 1 aliphatic heterocycles. The molecule has 0 saturated heterocycles. The molecule has 3 heterocycles. The summed E-state index contributed by atoms with van der Waals surface area (Å²) < 4.78 is 53.3. The molecule has 6 rings (SSSR count). The van der Waals surface area contributed by atoms with Crippen molar-refractivity contribution in [2.45, 2.75) is 96.8 Å². The summed E-state index contributed by atoms with van der Waals surface area (Å²) in [5.74, 6) is 3.74. The fourth-order valence-corrected chi connectivity index (χ4v) is 10.3. The van der Waals surface area contributed by atoms with Crippen molar-refractivity contribution in [3.05, 3.63) is 45.8 Å². The summed E-state index contributed by atoms with van der Waals surface area (Å²) in [6.07, 6.45) is 6.49. The van der Waals surface area contributed by atoms with Crippen LogP contribution in [0.3, 0.4) is 0 Å². The zero-order valence-electron chi connectivity index (χ0n) is 27.6.